The molecular weight excluding hydrogens is 336 g/mol. The van der Waals surface area contributed by atoms with Crippen LogP contribution in [0.25, 0.3) is 0 Å². The fourth-order valence-corrected chi connectivity index (χ4v) is 4.52. The number of esters is 1. The largest absolute Gasteiger partial charge is 0.469 e. The first-order valence-corrected chi connectivity index (χ1v) is 9.23. The van der Waals surface area contributed by atoms with Crippen LogP contribution in [0.3, 0.4) is 0 Å². The molecule has 0 spiro atoms. The number of methoxy groups -OCH3 is 1. The maximum absolute atomic E-state index is 12.8. The topological polar surface area (TPSA) is 88.8 Å². The fraction of sp³-hybridized carbons (Fsp3) is 0.632. The first kappa shape index (κ1) is 17.3. The van der Waals surface area contributed by atoms with E-state index in [2.05, 4.69) is 5.32 Å². The van der Waals surface area contributed by atoms with Crippen LogP contribution < -0.4 is 10.9 Å². The van der Waals surface area contributed by atoms with Crippen molar-refractivity contribution in [1.82, 2.24) is 10.2 Å². The van der Waals surface area contributed by atoms with Crippen LogP contribution in [0.4, 0.5) is 0 Å². The summed E-state index contributed by atoms with van der Waals surface area (Å²) >= 11 is 0. The Morgan fingerprint density at radius 3 is 2.62 bits per heavy atom. The number of rotatable bonds is 3. The lowest BCUT2D eigenvalue weighted by molar-refractivity contribution is -0.143. The normalized spacial score (nSPS) is 30.0. The van der Waals surface area contributed by atoms with E-state index < -0.39 is 5.63 Å². The molecule has 3 heterocycles. The summed E-state index contributed by atoms with van der Waals surface area (Å²) in [5, 5.41) is 3.31. The minimum atomic E-state index is -0.555. The highest BCUT2D eigenvalue weighted by atomic mass is 16.5. The summed E-state index contributed by atoms with van der Waals surface area (Å²) in [6, 6.07) is 1.83. The van der Waals surface area contributed by atoms with Crippen molar-refractivity contribution >= 4 is 11.9 Å². The Morgan fingerprint density at radius 1 is 1.31 bits per heavy atom. The maximum Gasteiger partial charge on any atom is 0.349 e. The molecule has 1 aliphatic carbocycles. The Labute approximate surface area is 151 Å². The quantitative estimate of drug-likeness (QED) is 0.806. The molecule has 0 radical (unpaired) electrons. The van der Waals surface area contributed by atoms with Crippen LogP contribution in [-0.2, 0) is 9.53 Å². The zero-order valence-electron chi connectivity index (χ0n) is 15.1. The number of aryl methyl sites for hydroxylation is 1. The van der Waals surface area contributed by atoms with Crippen molar-refractivity contribution in [3.8, 4) is 0 Å². The summed E-state index contributed by atoms with van der Waals surface area (Å²) in [4.78, 5) is 38.6. The van der Waals surface area contributed by atoms with Crippen LogP contribution in [0.1, 0.15) is 40.4 Å². The molecule has 7 nitrogen and oxygen atoms in total. The van der Waals surface area contributed by atoms with Crippen LogP contribution in [0, 0.1) is 24.7 Å². The first-order valence-electron chi connectivity index (χ1n) is 9.23. The maximum atomic E-state index is 12.8. The summed E-state index contributed by atoms with van der Waals surface area (Å²) in [6.07, 6.45) is 2.03. The van der Waals surface area contributed by atoms with Gasteiger partial charge in [-0.1, -0.05) is 0 Å². The van der Waals surface area contributed by atoms with Gasteiger partial charge < -0.3 is 19.4 Å². The van der Waals surface area contributed by atoms with E-state index in [9.17, 15) is 14.4 Å². The van der Waals surface area contributed by atoms with Crippen molar-refractivity contribution < 1.29 is 18.7 Å². The molecule has 2 unspecified atom stereocenters. The lowest BCUT2D eigenvalue weighted by Crippen LogP contribution is -2.36. The molecule has 26 heavy (non-hydrogen) atoms. The predicted octanol–water partition coefficient (Wildman–Crippen LogP) is 0.906. The van der Waals surface area contributed by atoms with Gasteiger partial charge in [-0.25, -0.2) is 4.79 Å². The zero-order valence-corrected chi connectivity index (χ0v) is 15.1. The Kier molecular flexibility index (Phi) is 4.34. The molecular formula is C19H24N2O5. The molecule has 4 atom stereocenters. The van der Waals surface area contributed by atoms with Crippen molar-refractivity contribution in [2.45, 2.75) is 25.7 Å². The summed E-state index contributed by atoms with van der Waals surface area (Å²) in [6.45, 7) is 4.56. The van der Waals surface area contributed by atoms with Gasteiger partial charge in [0.05, 0.1) is 13.0 Å². The molecule has 2 saturated heterocycles. The number of hydrogen-bond acceptors (Lipinski definition) is 6. The van der Waals surface area contributed by atoms with E-state index in [-0.39, 0.29) is 41.1 Å². The van der Waals surface area contributed by atoms with Gasteiger partial charge in [0, 0.05) is 25.6 Å². The summed E-state index contributed by atoms with van der Waals surface area (Å²) in [7, 11) is 1.39. The number of nitrogens with one attached hydrogen (secondary N) is 1. The van der Waals surface area contributed by atoms with E-state index in [1.54, 1.807) is 11.8 Å². The molecule has 0 aromatic carbocycles. The highest BCUT2D eigenvalue weighted by molar-refractivity contribution is 5.95. The Hall–Kier alpha value is -2.15. The third-order valence-electron chi connectivity index (χ3n) is 6.04. The van der Waals surface area contributed by atoms with Crippen LogP contribution in [0.5, 0.6) is 0 Å². The van der Waals surface area contributed by atoms with Crippen LogP contribution in [-0.4, -0.2) is 50.1 Å². The predicted molar refractivity (Wildman–Crippen MR) is 92.9 cm³/mol. The molecule has 0 bridgehead atoms. The third-order valence-corrected chi connectivity index (χ3v) is 6.04. The molecule has 1 saturated carbocycles. The van der Waals surface area contributed by atoms with Gasteiger partial charge >= 0.3 is 11.6 Å². The van der Waals surface area contributed by atoms with Gasteiger partial charge in [-0.15, -0.1) is 0 Å². The Balaban J connectivity index is 1.49. The molecule has 1 amide bonds. The van der Waals surface area contributed by atoms with Gasteiger partial charge in [0.2, 0.25) is 0 Å². The van der Waals surface area contributed by atoms with E-state index in [1.165, 1.54) is 7.11 Å². The first-order chi connectivity index (χ1) is 12.5. The standard InChI is InChI=1S/C19H24N2O5/c1-10-6-14(11-4-3-5-20-7-11)26-19(24)15(10)17(22)21-8-12-13(9-21)16(12)18(23)25-2/h6,11-13,16,20H,3-5,7-9H2,1-2H3/t11?,12-,13+,16?. The second-order valence-corrected chi connectivity index (χ2v) is 7.62. The number of fused-ring (bicyclic) bond motifs is 1. The molecule has 3 aliphatic rings. The number of carbonyl (C=O) groups is 2. The molecule has 3 fully saturated rings. The summed E-state index contributed by atoms with van der Waals surface area (Å²) in [5.74, 6) is 0.569. The molecule has 4 rings (SSSR count). The van der Waals surface area contributed by atoms with Gasteiger partial charge in [0.1, 0.15) is 11.3 Å². The smallest absolute Gasteiger partial charge is 0.349 e. The number of carbonyl (C=O) groups excluding carboxylic acids is 2. The van der Waals surface area contributed by atoms with Crippen molar-refractivity contribution in [2.75, 3.05) is 33.3 Å². The van der Waals surface area contributed by atoms with Gasteiger partial charge in [0.25, 0.3) is 5.91 Å². The number of likely N-dealkylation sites (tertiary alicyclic amines) is 1. The van der Waals surface area contributed by atoms with E-state index in [0.717, 1.165) is 25.9 Å². The average molecular weight is 360 g/mol. The van der Waals surface area contributed by atoms with Gasteiger partial charge in [-0.05, 0) is 49.8 Å². The number of piperidine rings is 2. The highest BCUT2D eigenvalue weighted by Gasteiger charge is 2.61. The van der Waals surface area contributed by atoms with E-state index in [4.69, 9.17) is 9.15 Å². The van der Waals surface area contributed by atoms with Crippen LogP contribution in [0.2, 0.25) is 0 Å². The average Bonchev–Trinajstić information content (AvgIpc) is 3.14. The molecule has 7 heteroatoms. The second-order valence-electron chi connectivity index (χ2n) is 7.62. The van der Waals surface area contributed by atoms with Gasteiger partial charge in [0.15, 0.2) is 0 Å². The SMILES string of the molecule is COC(=O)C1[C@H]2CN(C(=O)c3c(C)cc(C4CCCNC4)oc3=O)C[C@@H]12. The third kappa shape index (κ3) is 2.84. The zero-order chi connectivity index (χ0) is 18.4. The molecule has 1 aromatic rings. The molecule has 2 aliphatic heterocycles. The molecule has 1 N–H and O–H groups in total. The monoisotopic (exact) mass is 360 g/mol. The van der Waals surface area contributed by atoms with Crippen LogP contribution in [0.15, 0.2) is 15.3 Å². The van der Waals surface area contributed by atoms with Crippen molar-refractivity contribution in [2.24, 2.45) is 17.8 Å². The lowest BCUT2D eigenvalue weighted by Gasteiger charge is -2.23. The number of nitrogens with zero attached hydrogens (tertiary/aromatic N) is 1. The summed E-state index contributed by atoms with van der Waals surface area (Å²) in [5.41, 5.74) is 0.228. The highest BCUT2D eigenvalue weighted by Crippen LogP contribution is 2.52. The van der Waals surface area contributed by atoms with E-state index in [1.807, 2.05) is 6.07 Å². The van der Waals surface area contributed by atoms with Gasteiger partial charge in [-0.2, -0.15) is 0 Å². The minimum Gasteiger partial charge on any atom is -0.469 e. The second kappa shape index (κ2) is 6.54. The number of ether oxygens (including phenoxy) is 1. The number of hydrogen-bond donors (Lipinski definition) is 1. The molecule has 140 valence electrons. The lowest BCUT2D eigenvalue weighted by atomic mass is 9.95. The molecule has 1 aromatic heterocycles. The Bertz CT molecular complexity index is 784. The van der Waals surface area contributed by atoms with Crippen LogP contribution >= 0.6 is 0 Å². The minimum absolute atomic E-state index is 0.0947. The van der Waals surface area contributed by atoms with E-state index in [0.29, 0.717) is 24.4 Å². The fourth-order valence-electron chi connectivity index (χ4n) is 4.52. The summed E-state index contributed by atoms with van der Waals surface area (Å²) < 4.78 is 10.3. The van der Waals surface area contributed by atoms with Crippen molar-refractivity contribution in [3.05, 3.63) is 33.4 Å². The van der Waals surface area contributed by atoms with Gasteiger partial charge in [-0.3, -0.25) is 9.59 Å². The Morgan fingerprint density at radius 2 is 2.04 bits per heavy atom. The van der Waals surface area contributed by atoms with Crippen molar-refractivity contribution in [3.63, 3.8) is 0 Å². The van der Waals surface area contributed by atoms with E-state index >= 15 is 0 Å². The number of amides is 1. The van der Waals surface area contributed by atoms with Crippen molar-refractivity contribution in [1.29, 1.82) is 0 Å².